The molecule has 0 aliphatic rings. The highest BCUT2D eigenvalue weighted by atomic mass is 32.2. The van der Waals surface area contributed by atoms with E-state index < -0.39 is 10.0 Å². The number of nitrogens with zero attached hydrogens (tertiary/aromatic N) is 2. The maximum Gasteiger partial charge on any atom is 0.269 e. The Morgan fingerprint density at radius 1 is 1.20 bits per heavy atom. The number of aryl methyl sites for hydroxylation is 2. The Balaban J connectivity index is 2.43. The Labute approximate surface area is 118 Å². The van der Waals surface area contributed by atoms with E-state index in [1.54, 1.807) is 45.2 Å². The third-order valence-corrected chi connectivity index (χ3v) is 5.05. The fourth-order valence-electron chi connectivity index (χ4n) is 1.91. The van der Waals surface area contributed by atoms with E-state index in [1.807, 2.05) is 0 Å². The van der Waals surface area contributed by atoms with Crippen molar-refractivity contribution in [1.29, 1.82) is 0 Å². The summed E-state index contributed by atoms with van der Waals surface area (Å²) in [5, 5.41) is 3.69. The predicted octanol–water partition coefficient (Wildman–Crippen LogP) is 2.13. The molecule has 0 fully saturated rings. The summed E-state index contributed by atoms with van der Waals surface area (Å²) in [5.74, 6) is 0.944. The molecule has 0 bridgehead atoms. The first-order valence-corrected chi connectivity index (χ1v) is 7.37. The number of methoxy groups -OCH3 is 1. The van der Waals surface area contributed by atoms with Gasteiger partial charge in [0.1, 0.15) is 11.4 Å². The number of sulfonamides is 1. The van der Waals surface area contributed by atoms with Gasteiger partial charge in [-0.25, -0.2) is 8.42 Å². The first-order valence-electron chi connectivity index (χ1n) is 5.93. The van der Waals surface area contributed by atoms with Crippen LogP contribution in [0.3, 0.4) is 0 Å². The summed E-state index contributed by atoms with van der Waals surface area (Å²) < 4.78 is 36.3. The van der Waals surface area contributed by atoms with E-state index >= 15 is 0 Å². The first kappa shape index (κ1) is 14.4. The summed E-state index contributed by atoms with van der Waals surface area (Å²) in [5.41, 5.74) is 0.883. The van der Waals surface area contributed by atoms with Gasteiger partial charge in [0.05, 0.1) is 12.8 Å². The molecule has 2 rings (SSSR count). The SMILES string of the molecule is COc1ccc(N(C)S(=O)(=O)c2c(C)noc2C)cc1. The summed E-state index contributed by atoms with van der Waals surface area (Å²) in [4.78, 5) is 0.107. The predicted molar refractivity (Wildman–Crippen MR) is 74.6 cm³/mol. The zero-order valence-electron chi connectivity index (χ0n) is 11.7. The van der Waals surface area contributed by atoms with Crippen LogP contribution in [0.2, 0.25) is 0 Å². The van der Waals surface area contributed by atoms with Crippen LogP contribution in [0.25, 0.3) is 0 Å². The minimum atomic E-state index is -3.69. The Kier molecular flexibility index (Phi) is 3.71. The topological polar surface area (TPSA) is 72.6 Å². The van der Waals surface area contributed by atoms with E-state index in [-0.39, 0.29) is 10.7 Å². The fraction of sp³-hybridized carbons (Fsp3) is 0.308. The average Bonchev–Trinajstić information content (AvgIpc) is 2.78. The van der Waals surface area contributed by atoms with Crippen LogP contribution in [0.15, 0.2) is 33.7 Å². The number of hydrogen-bond acceptors (Lipinski definition) is 5. The van der Waals surface area contributed by atoms with Gasteiger partial charge in [-0.05, 0) is 38.1 Å². The summed E-state index contributed by atoms with van der Waals surface area (Å²) >= 11 is 0. The standard InChI is InChI=1S/C13H16N2O4S/c1-9-13(10(2)19-14-9)20(16,17)15(3)11-5-7-12(18-4)8-6-11/h5-8H,1-4H3. The molecule has 0 saturated heterocycles. The monoisotopic (exact) mass is 296 g/mol. The van der Waals surface area contributed by atoms with Crippen LogP contribution in [0.1, 0.15) is 11.5 Å². The molecule has 6 nitrogen and oxygen atoms in total. The molecule has 0 saturated carbocycles. The van der Waals surface area contributed by atoms with Gasteiger partial charge in [-0.2, -0.15) is 0 Å². The zero-order valence-corrected chi connectivity index (χ0v) is 12.6. The molecule has 1 heterocycles. The Morgan fingerprint density at radius 2 is 1.80 bits per heavy atom. The second kappa shape index (κ2) is 5.16. The lowest BCUT2D eigenvalue weighted by molar-refractivity contribution is 0.390. The van der Waals surface area contributed by atoms with Crippen LogP contribution < -0.4 is 9.04 Å². The van der Waals surface area contributed by atoms with E-state index in [9.17, 15) is 8.42 Å². The molecule has 20 heavy (non-hydrogen) atoms. The average molecular weight is 296 g/mol. The van der Waals surface area contributed by atoms with Gasteiger partial charge in [-0.15, -0.1) is 0 Å². The molecule has 0 atom stereocenters. The van der Waals surface area contributed by atoms with Crippen molar-refractivity contribution in [2.45, 2.75) is 18.7 Å². The summed E-state index contributed by atoms with van der Waals surface area (Å²) in [6.07, 6.45) is 0. The molecule has 0 spiro atoms. The van der Waals surface area contributed by atoms with Gasteiger partial charge < -0.3 is 9.26 Å². The van der Waals surface area contributed by atoms with E-state index in [4.69, 9.17) is 9.26 Å². The zero-order chi connectivity index (χ0) is 14.9. The highest BCUT2D eigenvalue weighted by Crippen LogP contribution is 2.27. The van der Waals surface area contributed by atoms with Crippen molar-refractivity contribution in [1.82, 2.24) is 5.16 Å². The highest BCUT2D eigenvalue weighted by Gasteiger charge is 2.28. The van der Waals surface area contributed by atoms with Crippen LogP contribution in [0.5, 0.6) is 5.75 Å². The lowest BCUT2D eigenvalue weighted by Gasteiger charge is -2.19. The van der Waals surface area contributed by atoms with E-state index in [1.165, 1.54) is 11.4 Å². The molecule has 1 aromatic heterocycles. The van der Waals surface area contributed by atoms with Crippen molar-refractivity contribution in [2.24, 2.45) is 0 Å². The number of ether oxygens (including phenoxy) is 1. The maximum atomic E-state index is 12.6. The molecule has 7 heteroatoms. The molecule has 0 aliphatic carbocycles. The van der Waals surface area contributed by atoms with E-state index in [2.05, 4.69) is 5.16 Å². The van der Waals surface area contributed by atoms with Crippen molar-refractivity contribution in [2.75, 3.05) is 18.5 Å². The summed E-state index contributed by atoms with van der Waals surface area (Å²) in [6.45, 7) is 3.18. The van der Waals surface area contributed by atoms with Crippen LogP contribution in [-0.4, -0.2) is 27.7 Å². The second-order valence-corrected chi connectivity index (χ2v) is 6.23. The van der Waals surface area contributed by atoms with Crippen LogP contribution in [0.4, 0.5) is 5.69 Å². The van der Waals surface area contributed by atoms with Crippen molar-refractivity contribution >= 4 is 15.7 Å². The van der Waals surface area contributed by atoms with Gasteiger partial charge in [0.2, 0.25) is 0 Å². The van der Waals surface area contributed by atoms with Crippen LogP contribution >= 0.6 is 0 Å². The number of anilines is 1. The molecule has 0 N–H and O–H groups in total. The minimum Gasteiger partial charge on any atom is -0.497 e. The van der Waals surface area contributed by atoms with Gasteiger partial charge in [0.25, 0.3) is 10.0 Å². The molecule has 0 amide bonds. The summed E-state index contributed by atoms with van der Waals surface area (Å²) in [7, 11) is -0.649. The van der Waals surface area contributed by atoms with Gasteiger partial charge in [0, 0.05) is 7.05 Å². The normalized spacial score (nSPS) is 11.4. The molecule has 2 aromatic rings. The number of aromatic nitrogens is 1. The van der Waals surface area contributed by atoms with Gasteiger partial charge >= 0.3 is 0 Å². The first-order chi connectivity index (χ1) is 9.37. The third-order valence-electron chi connectivity index (χ3n) is 3.02. The van der Waals surface area contributed by atoms with Gasteiger partial charge in [0.15, 0.2) is 10.7 Å². The van der Waals surface area contributed by atoms with E-state index in [0.717, 1.165) is 0 Å². The lowest BCUT2D eigenvalue weighted by Crippen LogP contribution is -2.27. The van der Waals surface area contributed by atoms with Crippen molar-refractivity contribution in [3.05, 3.63) is 35.7 Å². The lowest BCUT2D eigenvalue weighted by atomic mass is 10.3. The molecular weight excluding hydrogens is 280 g/mol. The van der Waals surface area contributed by atoms with Crippen molar-refractivity contribution < 1.29 is 17.7 Å². The molecule has 0 aliphatic heterocycles. The minimum absolute atomic E-state index is 0.107. The molecular formula is C13H16N2O4S. The summed E-state index contributed by atoms with van der Waals surface area (Å²) in [6, 6.07) is 6.76. The van der Waals surface area contributed by atoms with Gasteiger partial charge in [-0.3, -0.25) is 4.31 Å². The molecule has 108 valence electrons. The highest BCUT2D eigenvalue weighted by molar-refractivity contribution is 7.92. The Morgan fingerprint density at radius 3 is 2.25 bits per heavy atom. The van der Waals surface area contributed by atoms with E-state index in [0.29, 0.717) is 17.1 Å². The fourth-order valence-corrected chi connectivity index (χ4v) is 3.39. The number of hydrogen-bond donors (Lipinski definition) is 0. The van der Waals surface area contributed by atoms with Crippen molar-refractivity contribution in [3.63, 3.8) is 0 Å². The quantitative estimate of drug-likeness (QED) is 0.864. The molecule has 0 radical (unpaired) electrons. The number of benzene rings is 1. The Hall–Kier alpha value is -2.02. The molecule has 0 unspecified atom stereocenters. The maximum absolute atomic E-state index is 12.6. The smallest absolute Gasteiger partial charge is 0.269 e. The second-order valence-electron chi connectivity index (χ2n) is 4.32. The number of rotatable bonds is 4. The van der Waals surface area contributed by atoms with Gasteiger partial charge in [-0.1, -0.05) is 5.16 Å². The molecule has 1 aromatic carbocycles. The largest absolute Gasteiger partial charge is 0.497 e. The Bertz CT molecular complexity index is 685. The third kappa shape index (κ3) is 2.36. The van der Waals surface area contributed by atoms with Crippen LogP contribution in [0, 0.1) is 13.8 Å². The van der Waals surface area contributed by atoms with Crippen LogP contribution in [-0.2, 0) is 10.0 Å². The van der Waals surface area contributed by atoms with Crippen molar-refractivity contribution in [3.8, 4) is 5.75 Å².